The van der Waals surface area contributed by atoms with Gasteiger partial charge in [-0.2, -0.15) is 5.06 Å². The third-order valence-electron chi connectivity index (χ3n) is 2.83. The van der Waals surface area contributed by atoms with Crippen LogP contribution in [-0.2, 0) is 9.63 Å². The highest BCUT2D eigenvalue weighted by molar-refractivity contribution is 5.90. The van der Waals surface area contributed by atoms with E-state index in [9.17, 15) is 4.79 Å². The Morgan fingerprint density at radius 1 is 1.39 bits per heavy atom. The van der Waals surface area contributed by atoms with Crippen LogP contribution in [-0.4, -0.2) is 30.7 Å². The predicted molar refractivity (Wildman–Crippen MR) is 70.9 cm³/mol. The average molecular weight is 249 g/mol. The van der Waals surface area contributed by atoms with Crippen molar-refractivity contribution < 1.29 is 9.63 Å². The maximum absolute atomic E-state index is 11.7. The Hall–Kier alpha value is -1.59. The number of nitrogen functional groups attached to an aromatic ring is 1. The molecule has 1 aromatic rings. The molecule has 1 fully saturated rings. The van der Waals surface area contributed by atoms with E-state index in [0.29, 0.717) is 12.1 Å². The van der Waals surface area contributed by atoms with Crippen molar-refractivity contribution in [1.29, 1.82) is 0 Å². The van der Waals surface area contributed by atoms with Crippen LogP contribution >= 0.6 is 0 Å². The van der Waals surface area contributed by atoms with Gasteiger partial charge in [-0.15, -0.1) is 0 Å². The number of carbonyl (C=O) groups is 1. The van der Waals surface area contributed by atoms with E-state index in [2.05, 4.69) is 5.32 Å². The van der Waals surface area contributed by atoms with Crippen LogP contribution in [0.2, 0.25) is 0 Å². The third kappa shape index (κ3) is 4.01. The second-order valence-electron chi connectivity index (χ2n) is 4.39. The summed E-state index contributed by atoms with van der Waals surface area (Å²) in [7, 11) is 0. The lowest BCUT2D eigenvalue weighted by Crippen LogP contribution is -2.21. The van der Waals surface area contributed by atoms with Gasteiger partial charge in [0.25, 0.3) is 0 Å². The fourth-order valence-corrected chi connectivity index (χ4v) is 1.88. The van der Waals surface area contributed by atoms with Crippen LogP contribution in [0.15, 0.2) is 24.3 Å². The summed E-state index contributed by atoms with van der Waals surface area (Å²) < 4.78 is 0. The number of nitrogens with two attached hydrogens (primary N) is 1. The second kappa shape index (κ2) is 6.37. The van der Waals surface area contributed by atoms with E-state index in [0.717, 1.165) is 38.2 Å². The van der Waals surface area contributed by atoms with E-state index in [1.54, 1.807) is 24.3 Å². The van der Waals surface area contributed by atoms with Crippen LogP contribution < -0.4 is 11.1 Å². The Labute approximate surface area is 107 Å². The molecule has 98 valence electrons. The smallest absolute Gasteiger partial charge is 0.224 e. The van der Waals surface area contributed by atoms with E-state index >= 15 is 0 Å². The Bertz CT molecular complexity index is 386. The molecular formula is C13H19N3O2. The predicted octanol–water partition coefficient (Wildman–Crippen LogP) is 1.62. The van der Waals surface area contributed by atoms with E-state index in [1.165, 1.54) is 0 Å². The van der Waals surface area contributed by atoms with Crippen molar-refractivity contribution >= 4 is 17.3 Å². The summed E-state index contributed by atoms with van der Waals surface area (Å²) in [5.74, 6) is 0.0268. The number of nitrogens with zero attached hydrogens (tertiary/aromatic N) is 1. The van der Waals surface area contributed by atoms with Crippen LogP contribution in [0.3, 0.4) is 0 Å². The van der Waals surface area contributed by atoms with Gasteiger partial charge in [0.2, 0.25) is 5.91 Å². The number of carbonyl (C=O) groups excluding carboxylic acids is 1. The number of rotatable bonds is 5. The highest BCUT2D eigenvalue weighted by Gasteiger charge is 2.12. The van der Waals surface area contributed by atoms with Gasteiger partial charge in [-0.05, 0) is 37.1 Å². The molecule has 0 aromatic heterocycles. The lowest BCUT2D eigenvalue weighted by molar-refractivity contribution is -0.120. The second-order valence-corrected chi connectivity index (χ2v) is 4.39. The van der Waals surface area contributed by atoms with Crippen molar-refractivity contribution in [3.8, 4) is 0 Å². The van der Waals surface area contributed by atoms with Crippen molar-refractivity contribution in [1.82, 2.24) is 5.06 Å². The van der Waals surface area contributed by atoms with Crippen molar-refractivity contribution in [3.05, 3.63) is 24.3 Å². The molecule has 3 N–H and O–H groups in total. The summed E-state index contributed by atoms with van der Waals surface area (Å²) in [6.45, 7) is 2.59. The van der Waals surface area contributed by atoms with Gasteiger partial charge in [0, 0.05) is 30.9 Å². The van der Waals surface area contributed by atoms with Gasteiger partial charge in [0.15, 0.2) is 0 Å². The van der Waals surface area contributed by atoms with Crippen LogP contribution in [0.25, 0.3) is 0 Å². The quantitative estimate of drug-likeness (QED) is 0.778. The van der Waals surface area contributed by atoms with Crippen molar-refractivity contribution in [2.24, 2.45) is 0 Å². The molecule has 0 saturated carbocycles. The molecular weight excluding hydrogens is 230 g/mol. The van der Waals surface area contributed by atoms with E-state index in [-0.39, 0.29) is 5.91 Å². The van der Waals surface area contributed by atoms with Gasteiger partial charge in [-0.3, -0.25) is 9.63 Å². The maximum Gasteiger partial charge on any atom is 0.224 e. The minimum Gasteiger partial charge on any atom is -0.399 e. The summed E-state index contributed by atoms with van der Waals surface area (Å²) in [6, 6.07) is 7.15. The van der Waals surface area contributed by atoms with Gasteiger partial charge in [0.1, 0.15) is 0 Å². The molecule has 1 aliphatic heterocycles. The number of hydrogen-bond acceptors (Lipinski definition) is 4. The molecule has 5 heteroatoms. The van der Waals surface area contributed by atoms with Gasteiger partial charge >= 0.3 is 0 Å². The Morgan fingerprint density at radius 3 is 2.83 bits per heavy atom. The van der Waals surface area contributed by atoms with E-state index < -0.39 is 0 Å². The lowest BCUT2D eigenvalue weighted by Gasteiger charge is -2.12. The highest BCUT2D eigenvalue weighted by atomic mass is 16.7. The molecule has 0 aliphatic carbocycles. The van der Waals surface area contributed by atoms with Gasteiger partial charge < -0.3 is 11.1 Å². The molecule has 0 bridgehead atoms. The SMILES string of the molecule is Nc1ccc(NC(=O)CCCN2CCCO2)cc1. The number of benzene rings is 1. The van der Waals surface area contributed by atoms with E-state index in [1.807, 2.05) is 5.06 Å². The Kier molecular flexibility index (Phi) is 4.55. The number of amides is 1. The molecule has 18 heavy (non-hydrogen) atoms. The summed E-state index contributed by atoms with van der Waals surface area (Å²) in [5.41, 5.74) is 7.05. The molecule has 1 amide bonds. The number of hydrogen-bond donors (Lipinski definition) is 2. The first-order valence-corrected chi connectivity index (χ1v) is 6.27. The third-order valence-corrected chi connectivity index (χ3v) is 2.83. The molecule has 0 unspecified atom stereocenters. The lowest BCUT2D eigenvalue weighted by atomic mass is 10.2. The first-order valence-electron chi connectivity index (χ1n) is 6.27. The zero-order valence-electron chi connectivity index (χ0n) is 10.4. The van der Waals surface area contributed by atoms with Crippen molar-refractivity contribution in [2.75, 3.05) is 30.7 Å². The van der Waals surface area contributed by atoms with Crippen LogP contribution in [0.5, 0.6) is 0 Å². The van der Waals surface area contributed by atoms with Crippen LogP contribution in [0.1, 0.15) is 19.3 Å². The topological polar surface area (TPSA) is 67.6 Å². The molecule has 1 saturated heterocycles. The first kappa shape index (κ1) is 12.9. The Morgan fingerprint density at radius 2 is 2.17 bits per heavy atom. The van der Waals surface area contributed by atoms with Crippen LogP contribution in [0, 0.1) is 0 Å². The number of anilines is 2. The number of hydroxylamine groups is 2. The fraction of sp³-hybridized carbons (Fsp3) is 0.462. The van der Waals surface area contributed by atoms with Gasteiger partial charge in [-0.1, -0.05) is 0 Å². The fourth-order valence-electron chi connectivity index (χ4n) is 1.88. The van der Waals surface area contributed by atoms with Crippen molar-refractivity contribution in [3.63, 3.8) is 0 Å². The molecule has 1 aromatic carbocycles. The number of nitrogens with one attached hydrogen (secondary N) is 1. The largest absolute Gasteiger partial charge is 0.399 e. The summed E-state index contributed by atoms with van der Waals surface area (Å²) in [4.78, 5) is 17.0. The van der Waals surface area contributed by atoms with Gasteiger partial charge in [0.05, 0.1) is 6.61 Å². The van der Waals surface area contributed by atoms with Crippen LogP contribution in [0.4, 0.5) is 11.4 Å². The minimum atomic E-state index is 0.0268. The normalized spacial score (nSPS) is 15.8. The first-order chi connectivity index (χ1) is 8.74. The highest BCUT2D eigenvalue weighted by Crippen LogP contribution is 2.11. The Balaban J connectivity index is 1.66. The molecule has 1 aliphatic rings. The maximum atomic E-state index is 11.7. The average Bonchev–Trinajstić information content (AvgIpc) is 2.85. The summed E-state index contributed by atoms with van der Waals surface area (Å²) >= 11 is 0. The van der Waals surface area contributed by atoms with Crippen molar-refractivity contribution in [2.45, 2.75) is 19.3 Å². The monoisotopic (exact) mass is 249 g/mol. The molecule has 0 radical (unpaired) electrons. The van der Waals surface area contributed by atoms with E-state index in [4.69, 9.17) is 10.6 Å². The van der Waals surface area contributed by atoms with Gasteiger partial charge in [-0.25, -0.2) is 0 Å². The zero-order valence-corrected chi connectivity index (χ0v) is 10.4. The molecule has 0 spiro atoms. The minimum absolute atomic E-state index is 0.0268. The molecule has 0 atom stereocenters. The molecule has 5 nitrogen and oxygen atoms in total. The molecule has 1 heterocycles. The summed E-state index contributed by atoms with van der Waals surface area (Å²) in [5, 5.41) is 4.77. The zero-order chi connectivity index (χ0) is 12.8. The standard InChI is InChI=1S/C13H19N3O2/c14-11-4-6-12(7-5-11)15-13(17)3-1-8-16-9-2-10-18-16/h4-7H,1-3,8-10,14H2,(H,15,17). The summed E-state index contributed by atoms with van der Waals surface area (Å²) in [6.07, 6.45) is 2.39. The molecule has 2 rings (SSSR count).